The highest BCUT2D eigenvalue weighted by Crippen LogP contribution is 2.35. The third-order valence-corrected chi connectivity index (χ3v) is 7.59. The Labute approximate surface area is 228 Å². The number of carbonyl (C=O) groups excluding carboxylic acids is 2. The topological polar surface area (TPSA) is 86.8 Å². The molecule has 0 spiro atoms. The van der Waals surface area contributed by atoms with Crippen LogP contribution in [0.5, 0.6) is 0 Å². The van der Waals surface area contributed by atoms with Gasteiger partial charge in [-0.3, -0.25) is 13.9 Å². The average Bonchev–Trinajstić information content (AvgIpc) is 2.77. The summed E-state index contributed by atoms with van der Waals surface area (Å²) in [4.78, 5) is 28.2. The molecule has 0 aliphatic heterocycles. The van der Waals surface area contributed by atoms with Gasteiger partial charge in [-0.1, -0.05) is 85.4 Å². The molecule has 0 heterocycles. The first-order valence-corrected chi connectivity index (χ1v) is 14.5. The van der Waals surface area contributed by atoms with Crippen LogP contribution in [0.25, 0.3) is 0 Å². The molecule has 2 amide bonds. The van der Waals surface area contributed by atoms with Gasteiger partial charge in [-0.05, 0) is 37.0 Å². The maximum absolute atomic E-state index is 13.7. The molecule has 2 aromatic rings. The molecule has 2 aromatic carbocycles. The molecule has 198 valence electrons. The highest BCUT2D eigenvalue weighted by Gasteiger charge is 2.32. The molecule has 1 N–H and O–H groups in total. The van der Waals surface area contributed by atoms with Gasteiger partial charge in [0.25, 0.3) is 0 Å². The summed E-state index contributed by atoms with van der Waals surface area (Å²) >= 11 is 18.4. The van der Waals surface area contributed by atoms with Crippen LogP contribution in [0, 0.1) is 12.8 Å². The first-order chi connectivity index (χ1) is 16.7. The number of sulfonamides is 1. The number of anilines is 1. The molecule has 0 fully saturated rings. The minimum Gasteiger partial charge on any atom is -0.354 e. The second-order valence-corrected chi connectivity index (χ2v) is 12.2. The van der Waals surface area contributed by atoms with E-state index in [1.807, 2.05) is 45.0 Å². The zero-order chi connectivity index (χ0) is 27.2. The zero-order valence-electron chi connectivity index (χ0n) is 21.0. The van der Waals surface area contributed by atoms with Crippen LogP contribution in [-0.4, -0.2) is 50.5 Å². The fourth-order valence-corrected chi connectivity index (χ4v) is 5.19. The number of hydrogen-bond donors (Lipinski definition) is 1. The Hall–Kier alpha value is -2.00. The summed E-state index contributed by atoms with van der Waals surface area (Å²) in [5.74, 6) is -0.633. The minimum absolute atomic E-state index is 0.0228. The van der Waals surface area contributed by atoms with Gasteiger partial charge in [0.15, 0.2) is 0 Å². The molecule has 0 bridgehead atoms. The molecule has 1 atom stereocenters. The van der Waals surface area contributed by atoms with Gasteiger partial charge in [0.05, 0.1) is 27.0 Å². The highest BCUT2D eigenvalue weighted by molar-refractivity contribution is 7.92. The number of rotatable bonds is 11. The molecule has 0 aromatic heterocycles. The zero-order valence-corrected chi connectivity index (χ0v) is 24.1. The van der Waals surface area contributed by atoms with Crippen molar-refractivity contribution in [2.24, 2.45) is 5.92 Å². The Morgan fingerprint density at radius 3 is 2.22 bits per heavy atom. The van der Waals surface area contributed by atoms with Crippen LogP contribution < -0.4 is 9.62 Å². The quantitative estimate of drug-likeness (QED) is 0.368. The summed E-state index contributed by atoms with van der Waals surface area (Å²) in [6.45, 7) is 7.69. The van der Waals surface area contributed by atoms with Gasteiger partial charge < -0.3 is 10.2 Å². The van der Waals surface area contributed by atoms with E-state index in [0.717, 1.165) is 21.7 Å². The molecule has 0 saturated carbocycles. The van der Waals surface area contributed by atoms with E-state index in [1.165, 1.54) is 17.0 Å². The summed E-state index contributed by atoms with van der Waals surface area (Å²) in [7, 11) is -3.95. The molecule has 0 radical (unpaired) electrons. The number of halogens is 3. The number of nitrogens with one attached hydrogen (secondary N) is 1. The molecule has 11 heteroatoms. The number of amides is 2. The predicted octanol–water partition coefficient (Wildman–Crippen LogP) is 5.30. The Balaban J connectivity index is 2.49. The van der Waals surface area contributed by atoms with Crippen molar-refractivity contribution in [3.05, 3.63) is 62.6 Å². The van der Waals surface area contributed by atoms with Gasteiger partial charge in [0.2, 0.25) is 21.8 Å². The fourth-order valence-electron chi connectivity index (χ4n) is 3.65. The van der Waals surface area contributed by atoms with E-state index in [2.05, 4.69) is 5.32 Å². The van der Waals surface area contributed by atoms with E-state index in [0.29, 0.717) is 13.0 Å². The first kappa shape index (κ1) is 30.2. The van der Waals surface area contributed by atoms with Crippen molar-refractivity contribution in [1.82, 2.24) is 10.2 Å². The molecule has 7 nitrogen and oxygen atoms in total. The van der Waals surface area contributed by atoms with Crippen LogP contribution in [-0.2, 0) is 26.2 Å². The van der Waals surface area contributed by atoms with E-state index < -0.39 is 28.5 Å². The van der Waals surface area contributed by atoms with Gasteiger partial charge in [-0.25, -0.2) is 8.42 Å². The molecule has 0 saturated heterocycles. The standard InChI is InChI=1S/C25H32Cl3N3O4S/c1-6-22(25(33)29-13-16(2)3)30(14-18-9-7-8-17(4)10-18)24(32)15-31(36(5,34)35)23-12-20(27)19(26)11-21(23)28/h7-12,16,22H,6,13-15H2,1-5H3,(H,29,33). The van der Waals surface area contributed by atoms with Crippen molar-refractivity contribution in [3.8, 4) is 0 Å². The lowest BCUT2D eigenvalue weighted by molar-refractivity contribution is -0.140. The summed E-state index contributed by atoms with van der Waals surface area (Å²) < 4.78 is 26.3. The van der Waals surface area contributed by atoms with Crippen molar-refractivity contribution >= 4 is 62.3 Å². The maximum atomic E-state index is 13.7. The van der Waals surface area contributed by atoms with Crippen molar-refractivity contribution in [2.45, 2.75) is 46.7 Å². The van der Waals surface area contributed by atoms with Crippen LogP contribution in [0.2, 0.25) is 15.1 Å². The van der Waals surface area contributed by atoms with Crippen molar-refractivity contribution in [3.63, 3.8) is 0 Å². The van der Waals surface area contributed by atoms with Crippen molar-refractivity contribution in [2.75, 3.05) is 23.7 Å². The Bertz CT molecular complexity index is 1210. The van der Waals surface area contributed by atoms with Crippen LogP contribution >= 0.6 is 34.8 Å². The van der Waals surface area contributed by atoms with E-state index in [1.54, 1.807) is 6.92 Å². The second kappa shape index (κ2) is 13.0. The molecular formula is C25H32Cl3N3O4S. The lowest BCUT2D eigenvalue weighted by Gasteiger charge is -2.33. The molecule has 2 rings (SSSR count). The van der Waals surface area contributed by atoms with E-state index in [9.17, 15) is 18.0 Å². The van der Waals surface area contributed by atoms with Crippen LogP contribution in [0.15, 0.2) is 36.4 Å². The Morgan fingerprint density at radius 1 is 1.03 bits per heavy atom. The third kappa shape index (κ3) is 8.26. The predicted molar refractivity (Wildman–Crippen MR) is 147 cm³/mol. The van der Waals surface area contributed by atoms with E-state index in [4.69, 9.17) is 34.8 Å². The largest absolute Gasteiger partial charge is 0.354 e. The van der Waals surface area contributed by atoms with Gasteiger partial charge in [-0.2, -0.15) is 0 Å². The Morgan fingerprint density at radius 2 is 1.67 bits per heavy atom. The molecule has 36 heavy (non-hydrogen) atoms. The lowest BCUT2D eigenvalue weighted by atomic mass is 10.1. The number of carbonyl (C=O) groups is 2. The maximum Gasteiger partial charge on any atom is 0.244 e. The fraction of sp³-hybridized carbons (Fsp3) is 0.440. The average molecular weight is 577 g/mol. The van der Waals surface area contributed by atoms with Crippen LogP contribution in [0.3, 0.4) is 0 Å². The number of aryl methyl sites for hydroxylation is 1. The van der Waals surface area contributed by atoms with Crippen molar-refractivity contribution < 1.29 is 18.0 Å². The molecule has 0 aliphatic rings. The first-order valence-electron chi connectivity index (χ1n) is 11.5. The normalized spacial score (nSPS) is 12.4. The molecular weight excluding hydrogens is 545 g/mol. The summed E-state index contributed by atoms with van der Waals surface area (Å²) in [5.41, 5.74) is 1.84. The van der Waals surface area contributed by atoms with Crippen molar-refractivity contribution in [1.29, 1.82) is 0 Å². The summed E-state index contributed by atoms with van der Waals surface area (Å²) in [6.07, 6.45) is 1.31. The monoisotopic (exact) mass is 575 g/mol. The third-order valence-electron chi connectivity index (χ3n) is 5.44. The number of benzene rings is 2. The van der Waals surface area contributed by atoms with Crippen LogP contribution in [0.4, 0.5) is 5.69 Å². The Kier molecular flexibility index (Phi) is 10.9. The smallest absolute Gasteiger partial charge is 0.244 e. The number of nitrogens with zero attached hydrogens (tertiary/aromatic N) is 2. The number of hydrogen-bond acceptors (Lipinski definition) is 4. The minimum atomic E-state index is -3.95. The lowest BCUT2D eigenvalue weighted by Crippen LogP contribution is -2.52. The van der Waals surface area contributed by atoms with Gasteiger partial charge in [0, 0.05) is 13.1 Å². The van der Waals surface area contributed by atoms with Gasteiger partial charge in [-0.15, -0.1) is 0 Å². The molecule has 1 unspecified atom stereocenters. The van der Waals surface area contributed by atoms with E-state index >= 15 is 0 Å². The van der Waals surface area contributed by atoms with Gasteiger partial charge >= 0.3 is 0 Å². The summed E-state index contributed by atoms with van der Waals surface area (Å²) in [5, 5.41) is 3.15. The van der Waals surface area contributed by atoms with Gasteiger partial charge in [0.1, 0.15) is 12.6 Å². The second-order valence-electron chi connectivity index (χ2n) is 9.06. The summed E-state index contributed by atoms with van der Waals surface area (Å²) in [6, 6.07) is 9.40. The SMILES string of the molecule is CCC(C(=O)NCC(C)C)N(Cc1cccc(C)c1)C(=O)CN(c1cc(Cl)c(Cl)cc1Cl)S(C)(=O)=O. The van der Waals surface area contributed by atoms with Crippen LogP contribution in [0.1, 0.15) is 38.3 Å². The molecule has 0 aliphatic carbocycles. The van der Waals surface area contributed by atoms with E-state index in [-0.39, 0.29) is 39.1 Å². The highest BCUT2D eigenvalue weighted by atomic mass is 35.5.